The number of hydrogen-bond donors (Lipinski definition) is 1. The molecule has 0 saturated carbocycles. The minimum Gasteiger partial charge on any atom is -0.488 e. The second-order valence-corrected chi connectivity index (χ2v) is 7.74. The molecule has 152 valence electrons. The first kappa shape index (κ1) is 18.6. The zero-order chi connectivity index (χ0) is 20.7. The van der Waals surface area contributed by atoms with Crippen molar-refractivity contribution in [2.75, 3.05) is 25.2 Å². The van der Waals surface area contributed by atoms with Gasteiger partial charge in [0.2, 0.25) is 0 Å². The molecular weight excluding hydrogens is 376 g/mol. The standard InChI is InChI=1S/C24H24N4O2/c1-15-7-9-19-20(11-15)27-24(26-19)18-5-4-6-21-23(18)30-14-17(13-29-3)28(21)22-10-8-16(2)12-25-22/h4-12,17H,13-14H2,1-3H3,(H,26,27)/t17-/m0/s1. The van der Waals surface area contributed by atoms with Crippen molar-refractivity contribution in [3.63, 3.8) is 0 Å². The van der Waals surface area contributed by atoms with Crippen LogP contribution in [0, 0.1) is 13.8 Å². The van der Waals surface area contributed by atoms with E-state index in [-0.39, 0.29) is 6.04 Å². The van der Waals surface area contributed by atoms with E-state index in [0.29, 0.717) is 13.2 Å². The van der Waals surface area contributed by atoms with Crippen LogP contribution in [0.5, 0.6) is 5.75 Å². The Morgan fingerprint density at radius 3 is 2.80 bits per heavy atom. The third-order valence-corrected chi connectivity index (χ3v) is 5.43. The minimum atomic E-state index is 0.0336. The Bertz CT molecular complexity index is 1200. The van der Waals surface area contributed by atoms with Crippen LogP contribution in [-0.4, -0.2) is 41.3 Å². The fourth-order valence-corrected chi connectivity index (χ4v) is 3.98. The highest BCUT2D eigenvalue weighted by molar-refractivity contribution is 5.85. The van der Waals surface area contributed by atoms with Crippen molar-refractivity contribution in [1.82, 2.24) is 15.0 Å². The normalized spacial score (nSPS) is 15.8. The minimum absolute atomic E-state index is 0.0336. The van der Waals surface area contributed by atoms with Gasteiger partial charge in [0, 0.05) is 13.3 Å². The quantitative estimate of drug-likeness (QED) is 0.534. The average molecular weight is 400 g/mol. The number of anilines is 2. The molecule has 0 fully saturated rings. The first-order valence-electron chi connectivity index (χ1n) is 10.1. The lowest BCUT2D eigenvalue weighted by Crippen LogP contribution is -2.43. The number of rotatable bonds is 4. The molecule has 2 aromatic heterocycles. The van der Waals surface area contributed by atoms with Gasteiger partial charge in [0.05, 0.1) is 34.9 Å². The second-order valence-electron chi connectivity index (χ2n) is 7.74. The highest BCUT2D eigenvalue weighted by Gasteiger charge is 2.32. The number of fused-ring (bicyclic) bond motifs is 2. The van der Waals surface area contributed by atoms with Crippen LogP contribution in [0.25, 0.3) is 22.4 Å². The van der Waals surface area contributed by atoms with Gasteiger partial charge in [0.25, 0.3) is 0 Å². The molecule has 0 radical (unpaired) electrons. The summed E-state index contributed by atoms with van der Waals surface area (Å²) in [4.78, 5) is 15.1. The molecule has 0 aliphatic carbocycles. The Labute approximate surface area is 175 Å². The molecule has 3 heterocycles. The number of hydrogen-bond acceptors (Lipinski definition) is 5. The Morgan fingerprint density at radius 2 is 2.00 bits per heavy atom. The third-order valence-electron chi connectivity index (χ3n) is 5.43. The molecule has 0 saturated heterocycles. The number of nitrogens with one attached hydrogen (secondary N) is 1. The van der Waals surface area contributed by atoms with Gasteiger partial charge in [0.1, 0.15) is 18.2 Å². The van der Waals surface area contributed by atoms with Crippen LogP contribution in [0.1, 0.15) is 11.1 Å². The maximum atomic E-state index is 6.26. The van der Waals surface area contributed by atoms with E-state index in [0.717, 1.165) is 45.2 Å². The van der Waals surface area contributed by atoms with Crippen molar-refractivity contribution in [3.8, 4) is 17.1 Å². The van der Waals surface area contributed by atoms with Gasteiger partial charge in [-0.25, -0.2) is 9.97 Å². The highest BCUT2D eigenvalue weighted by Crippen LogP contribution is 2.44. The summed E-state index contributed by atoms with van der Waals surface area (Å²) in [6, 6.07) is 16.5. The summed E-state index contributed by atoms with van der Waals surface area (Å²) in [5.74, 6) is 2.49. The van der Waals surface area contributed by atoms with E-state index >= 15 is 0 Å². The molecule has 0 bridgehead atoms. The van der Waals surface area contributed by atoms with Gasteiger partial charge in [-0.2, -0.15) is 0 Å². The molecule has 30 heavy (non-hydrogen) atoms. The SMILES string of the molecule is COC[C@H]1COc2c(-c3nc4ccc(C)cc4[nH]3)cccc2N1c1ccc(C)cn1. The zero-order valence-electron chi connectivity index (χ0n) is 17.3. The molecular formula is C24H24N4O2. The number of ether oxygens (including phenoxy) is 2. The van der Waals surface area contributed by atoms with Crippen molar-refractivity contribution in [2.45, 2.75) is 19.9 Å². The van der Waals surface area contributed by atoms with E-state index < -0.39 is 0 Å². The second kappa shape index (κ2) is 7.46. The number of nitrogens with zero attached hydrogens (tertiary/aromatic N) is 3. The molecule has 1 aliphatic rings. The third kappa shape index (κ3) is 3.19. The van der Waals surface area contributed by atoms with Crippen LogP contribution < -0.4 is 9.64 Å². The van der Waals surface area contributed by atoms with E-state index in [9.17, 15) is 0 Å². The number of aromatic amines is 1. The maximum absolute atomic E-state index is 6.26. The Balaban J connectivity index is 1.64. The van der Waals surface area contributed by atoms with Crippen LogP contribution in [0.3, 0.4) is 0 Å². The number of aromatic nitrogens is 3. The monoisotopic (exact) mass is 400 g/mol. The zero-order valence-corrected chi connectivity index (χ0v) is 17.3. The molecule has 1 atom stereocenters. The van der Waals surface area contributed by atoms with E-state index in [1.165, 1.54) is 5.56 Å². The number of para-hydroxylation sites is 1. The van der Waals surface area contributed by atoms with Gasteiger partial charge < -0.3 is 19.4 Å². The Kier molecular flexibility index (Phi) is 4.64. The molecule has 6 heteroatoms. The smallest absolute Gasteiger partial charge is 0.154 e. The molecule has 1 N–H and O–H groups in total. The summed E-state index contributed by atoms with van der Waals surface area (Å²) in [7, 11) is 1.71. The largest absolute Gasteiger partial charge is 0.488 e. The lowest BCUT2D eigenvalue weighted by Gasteiger charge is -2.38. The van der Waals surface area contributed by atoms with E-state index in [1.807, 2.05) is 37.4 Å². The fraction of sp³-hybridized carbons (Fsp3) is 0.250. The van der Waals surface area contributed by atoms with E-state index in [4.69, 9.17) is 14.5 Å². The van der Waals surface area contributed by atoms with E-state index in [2.05, 4.69) is 46.1 Å². The lowest BCUT2D eigenvalue weighted by atomic mass is 10.1. The number of pyridine rings is 1. The fourth-order valence-electron chi connectivity index (χ4n) is 3.98. The topological polar surface area (TPSA) is 63.3 Å². The van der Waals surface area contributed by atoms with Crippen LogP contribution in [0.15, 0.2) is 54.7 Å². The lowest BCUT2D eigenvalue weighted by molar-refractivity contribution is 0.146. The summed E-state index contributed by atoms with van der Waals surface area (Å²) in [5, 5.41) is 0. The molecule has 0 spiro atoms. The predicted molar refractivity (Wildman–Crippen MR) is 119 cm³/mol. The van der Waals surface area contributed by atoms with Gasteiger partial charge in [0.15, 0.2) is 5.75 Å². The summed E-state index contributed by atoms with van der Waals surface area (Å²) < 4.78 is 11.7. The number of aryl methyl sites for hydroxylation is 2. The van der Waals surface area contributed by atoms with Crippen molar-refractivity contribution in [3.05, 3.63) is 65.9 Å². The van der Waals surface area contributed by atoms with Crippen molar-refractivity contribution in [1.29, 1.82) is 0 Å². The van der Waals surface area contributed by atoms with Crippen LogP contribution in [0.4, 0.5) is 11.5 Å². The first-order chi connectivity index (χ1) is 14.6. The molecule has 6 nitrogen and oxygen atoms in total. The van der Waals surface area contributed by atoms with E-state index in [1.54, 1.807) is 7.11 Å². The Morgan fingerprint density at radius 1 is 1.13 bits per heavy atom. The summed E-state index contributed by atoms with van der Waals surface area (Å²) >= 11 is 0. The Hall–Kier alpha value is -3.38. The van der Waals surface area contributed by atoms with Gasteiger partial charge in [-0.1, -0.05) is 18.2 Å². The van der Waals surface area contributed by atoms with Crippen molar-refractivity contribution in [2.24, 2.45) is 0 Å². The summed E-state index contributed by atoms with van der Waals surface area (Å²) in [6.45, 7) is 5.17. The molecule has 4 aromatic rings. The number of H-pyrrole nitrogens is 1. The van der Waals surface area contributed by atoms with Crippen LogP contribution >= 0.6 is 0 Å². The van der Waals surface area contributed by atoms with Crippen LogP contribution in [0.2, 0.25) is 0 Å². The van der Waals surface area contributed by atoms with Gasteiger partial charge in [-0.15, -0.1) is 0 Å². The van der Waals surface area contributed by atoms with Crippen molar-refractivity contribution < 1.29 is 9.47 Å². The predicted octanol–water partition coefficient (Wildman–Crippen LogP) is 4.79. The van der Waals surface area contributed by atoms with Gasteiger partial charge >= 0.3 is 0 Å². The molecule has 5 rings (SSSR count). The van der Waals surface area contributed by atoms with Crippen LogP contribution in [-0.2, 0) is 4.74 Å². The van der Waals surface area contributed by atoms with Gasteiger partial charge in [-0.05, 0) is 55.3 Å². The van der Waals surface area contributed by atoms with Crippen molar-refractivity contribution >= 4 is 22.5 Å². The number of methoxy groups -OCH3 is 1. The average Bonchev–Trinajstić information content (AvgIpc) is 3.17. The maximum Gasteiger partial charge on any atom is 0.154 e. The molecule has 2 aromatic carbocycles. The number of imidazole rings is 1. The van der Waals surface area contributed by atoms with Gasteiger partial charge in [-0.3, -0.25) is 0 Å². The summed E-state index contributed by atoms with van der Waals surface area (Å²) in [6.07, 6.45) is 1.89. The summed E-state index contributed by atoms with van der Waals surface area (Å²) in [5.41, 5.74) is 6.19. The molecule has 1 aliphatic heterocycles. The molecule has 0 amide bonds. The molecule has 0 unspecified atom stereocenters. The highest BCUT2D eigenvalue weighted by atomic mass is 16.5. The first-order valence-corrected chi connectivity index (χ1v) is 10.1. The number of benzene rings is 2.